The van der Waals surface area contributed by atoms with Gasteiger partial charge >= 0.3 is 0 Å². The number of ether oxygens (including phenoxy) is 1. The van der Waals surface area contributed by atoms with Gasteiger partial charge < -0.3 is 10.1 Å². The normalized spacial score (nSPS) is 11.8. The lowest BCUT2D eigenvalue weighted by molar-refractivity contribution is -0.385. The number of methoxy groups -OCH3 is 1. The molecule has 0 saturated heterocycles. The Bertz CT molecular complexity index is 757. The number of nitrogens with one attached hydrogen (secondary N) is 1. The van der Waals surface area contributed by atoms with E-state index in [0.717, 1.165) is 17.7 Å². The van der Waals surface area contributed by atoms with Crippen molar-refractivity contribution in [1.82, 2.24) is 5.32 Å². The van der Waals surface area contributed by atoms with Gasteiger partial charge in [0.2, 0.25) is 5.91 Å². The number of rotatable bonds is 8. The summed E-state index contributed by atoms with van der Waals surface area (Å²) in [6, 6.07) is 13.7. The predicted octanol–water partition coefficient (Wildman–Crippen LogP) is 4.05. The lowest BCUT2D eigenvalue weighted by Gasteiger charge is -2.21. The molecule has 0 aliphatic rings. The highest BCUT2D eigenvalue weighted by Gasteiger charge is 2.20. The standard InChI is InChI=1S/C20H24N2O4/c1-14(2)12-18(15-8-10-17(26-3)11-9-15)21-20(23)13-16-6-4-5-7-19(16)22(24)25/h4-11,14,18H,12-13H2,1-3H3,(H,21,23). The van der Waals surface area contributed by atoms with Crippen molar-refractivity contribution in [2.24, 2.45) is 5.92 Å². The third-order valence-electron chi connectivity index (χ3n) is 4.10. The Labute approximate surface area is 153 Å². The zero-order valence-corrected chi connectivity index (χ0v) is 15.3. The van der Waals surface area contributed by atoms with Crippen molar-refractivity contribution >= 4 is 11.6 Å². The Hall–Kier alpha value is -2.89. The first kappa shape index (κ1) is 19.4. The van der Waals surface area contributed by atoms with Crippen LogP contribution in [0.15, 0.2) is 48.5 Å². The molecule has 0 radical (unpaired) electrons. The third-order valence-corrected chi connectivity index (χ3v) is 4.10. The molecule has 1 unspecified atom stereocenters. The quantitative estimate of drug-likeness (QED) is 0.571. The molecular formula is C20H24N2O4. The lowest BCUT2D eigenvalue weighted by Crippen LogP contribution is -2.31. The molecular weight excluding hydrogens is 332 g/mol. The van der Waals surface area contributed by atoms with Gasteiger partial charge in [-0.05, 0) is 30.0 Å². The molecule has 2 rings (SSSR count). The van der Waals surface area contributed by atoms with Crippen LogP contribution in [-0.2, 0) is 11.2 Å². The molecule has 0 spiro atoms. The van der Waals surface area contributed by atoms with E-state index < -0.39 is 4.92 Å². The van der Waals surface area contributed by atoms with Gasteiger partial charge in [-0.1, -0.05) is 44.2 Å². The number of carbonyl (C=O) groups is 1. The van der Waals surface area contributed by atoms with Crippen LogP contribution in [0.2, 0.25) is 0 Å². The Morgan fingerprint density at radius 1 is 1.15 bits per heavy atom. The van der Waals surface area contributed by atoms with Crippen LogP contribution in [0.3, 0.4) is 0 Å². The van der Waals surface area contributed by atoms with Crippen LogP contribution in [0, 0.1) is 16.0 Å². The number of nitrogens with zero attached hydrogens (tertiary/aromatic N) is 1. The fourth-order valence-corrected chi connectivity index (χ4v) is 2.84. The topological polar surface area (TPSA) is 81.5 Å². The summed E-state index contributed by atoms with van der Waals surface area (Å²) in [7, 11) is 1.61. The minimum absolute atomic E-state index is 0.0259. The second-order valence-corrected chi connectivity index (χ2v) is 6.59. The van der Waals surface area contributed by atoms with Crippen molar-refractivity contribution in [3.63, 3.8) is 0 Å². The second kappa shape index (κ2) is 8.99. The zero-order chi connectivity index (χ0) is 19.1. The van der Waals surface area contributed by atoms with Crippen LogP contribution in [-0.4, -0.2) is 17.9 Å². The lowest BCUT2D eigenvalue weighted by atomic mass is 9.96. The Morgan fingerprint density at radius 3 is 2.38 bits per heavy atom. The molecule has 6 nitrogen and oxygen atoms in total. The van der Waals surface area contributed by atoms with Gasteiger partial charge in [0.15, 0.2) is 0 Å². The minimum atomic E-state index is -0.461. The van der Waals surface area contributed by atoms with E-state index in [1.807, 2.05) is 24.3 Å². The third kappa shape index (κ3) is 5.31. The van der Waals surface area contributed by atoms with E-state index in [4.69, 9.17) is 4.74 Å². The molecule has 0 aliphatic carbocycles. The summed E-state index contributed by atoms with van der Waals surface area (Å²) >= 11 is 0. The first-order valence-corrected chi connectivity index (χ1v) is 8.56. The summed E-state index contributed by atoms with van der Waals surface area (Å²) in [5.41, 5.74) is 1.36. The van der Waals surface area contributed by atoms with Gasteiger partial charge in [0.25, 0.3) is 5.69 Å². The maximum atomic E-state index is 12.5. The molecule has 1 N–H and O–H groups in total. The molecule has 1 amide bonds. The van der Waals surface area contributed by atoms with Gasteiger partial charge in [-0.3, -0.25) is 14.9 Å². The van der Waals surface area contributed by atoms with Crippen molar-refractivity contribution < 1.29 is 14.5 Å². The molecule has 0 aliphatic heterocycles. The zero-order valence-electron chi connectivity index (χ0n) is 15.3. The molecule has 26 heavy (non-hydrogen) atoms. The maximum absolute atomic E-state index is 12.5. The van der Waals surface area contributed by atoms with E-state index in [1.54, 1.807) is 25.3 Å². The molecule has 0 fully saturated rings. The number of hydrogen-bond acceptors (Lipinski definition) is 4. The Kier molecular flexibility index (Phi) is 6.72. The average molecular weight is 356 g/mol. The van der Waals surface area contributed by atoms with Crippen molar-refractivity contribution in [3.8, 4) is 5.75 Å². The van der Waals surface area contributed by atoms with E-state index in [0.29, 0.717) is 11.5 Å². The number of amides is 1. The number of carbonyl (C=O) groups excluding carboxylic acids is 1. The molecule has 0 heterocycles. The number of benzene rings is 2. The molecule has 0 saturated carbocycles. The molecule has 2 aromatic rings. The summed E-state index contributed by atoms with van der Waals surface area (Å²) in [5.74, 6) is 0.900. The Balaban J connectivity index is 2.14. The van der Waals surface area contributed by atoms with E-state index in [-0.39, 0.29) is 24.1 Å². The number of nitro benzene ring substituents is 1. The van der Waals surface area contributed by atoms with Gasteiger partial charge in [0.1, 0.15) is 5.75 Å². The molecule has 6 heteroatoms. The monoisotopic (exact) mass is 356 g/mol. The van der Waals surface area contributed by atoms with Crippen LogP contribution in [0.25, 0.3) is 0 Å². The fraction of sp³-hybridized carbons (Fsp3) is 0.350. The molecule has 0 bridgehead atoms. The van der Waals surface area contributed by atoms with Gasteiger partial charge in [-0.15, -0.1) is 0 Å². The van der Waals surface area contributed by atoms with Crippen LogP contribution in [0.1, 0.15) is 37.4 Å². The number of nitro groups is 1. The van der Waals surface area contributed by atoms with Gasteiger partial charge in [-0.2, -0.15) is 0 Å². The van der Waals surface area contributed by atoms with Gasteiger partial charge in [0, 0.05) is 11.6 Å². The molecule has 1 atom stereocenters. The summed E-state index contributed by atoms with van der Waals surface area (Å²) in [6.45, 7) is 4.18. The summed E-state index contributed by atoms with van der Waals surface area (Å²) < 4.78 is 5.17. The number of para-hydroxylation sites is 1. The van der Waals surface area contributed by atoms with Crippen LogP contribution in [0.4, 0.5) is 5.69 Å². The van der Waals surface area contributed by atoms with Crippen LogP contribution in [0.5, 0.6) is 5.75 Å². The van der Waals surface area contributed by atoms with Crippen LogP contribution >= 0.6 is 0 Å². The van der Waals surface area contributed by atoms with Gasteiger partial charge in [-0.25, -0.2) is 0 Å². The fourth-order valence-electron chi connectivity index (χ4n) is 2.84. The van der Waals surface area contributed by atoms with Crippen molar-refractivity contribution in [2.75, 3.05) is 7.11 Å². The smallest absolute Gasteiger partial charge is 0.273 e. The summed E-state index contributed by atoms with van der Waals surface area (Å²) in [4.78, 5) is 23.2. The molecule has 138 valence electrons. The summed E-state index contributed by atoms with van der Waals surface area (Å²) in [6.07, 6.45) is 0.747. The largest absolute Gasteiger partial charge is 0.497 e. The van der Waals surface area contributed by atoms with Gasteiger partial charge in [0.05, 0.1) is 24.5 Å². The van der Waals surface area contributed by atoms with E-state index in [9.17, 15) is 14.9 Å². The van der Waals surface area contributed by atoms with Crippen molar-refractivity contribution in [1.29, 1.82) is 0 Å². The van der Waals surface area contributed by atoms with Crippen LogP contribution < -0.4 is 10.1 Å². The van der Waals surface area contributed by atoms with E-state index >= 15 is 0 Å². The first-order valence-electron chi connectivity index (χ1n) is 8.56. The highest BCUT2D eigenvalue weighted by Crippen LogP contribution is 2.24. The summed E-state index contributed by atoms with van der Waals surface area (Å²) in [5, 5.41) is 14.1. The number of hydrogen-bond donors (Lipinski definition) is 1. The highest BCUT2D eigenvalue weighted by molar-refractivity contribution is 5.80. The molecule has 2 aromatic carbocycles. The molecule has 0 aromatic heterocycles. The predicted molar refractivity (Wildman–Crippen MR) is 100 cm³/mol. The van der Waals surface area contributed by atoms with Crippen molar-refractivity contribution in [2.45, 2.75) is 32.7 Å². The van der Waals surface area contributed by atoms with E-state index in [1.165, 1.54) is 6.07 Å². The van der Waals surface area contributed by atoms with Crippen molar-refractivity contribution in [3.05, 3.63) is 69.8 Å². The maximum Gasteiger partial charge on any atom is 0.273 e. The Morgan fingerprint density at radius 2 is 1.81 bits per heavy atom. The first-order chi connectivity index (χ1) is 12.4. The minimum Gasteiger partial charge on any atom is -0.497 e. The second-order valence-electron chi connectivity index (χ2n) is 6.59. The SMILES string of the molecule is COc1ccc(C(CC(C)C)NC(=O)Cc2ccccc2[N+](=O)[O-])cc1. The highest BCUT2D eigenvalue weighted by atomic mass is 16.6. The van der Waals surface area contributed by atoms with E-state index in [2.05, 4.69) is 19.2 Å². The average Bonchev–Trinajstić information content (AvgIpc) is 2.61.